The molecule has 1 aromatic heterocycles. The van der Waals surface area contributed by atoms with Gasteiger partial charge in [0.25, 0.3) is 0 Å². The number of rotatable bonds is 6. The number of ether oxygens (including phenoxy) is 3. The SMILES string of the molecule is Nc1ccn([C@@H]2C[C@@H](OC(=O)c3ccccc3)[C@H](COC(=O)c3ccccc3)O2)c(=O)n1. The van der Waals surface area contributed by atoms with Gasteiger partial charge in [-0.05, 0) is 30.3 Å². The quantitative estimate of drug-likeness (QED) is 0.585. The lowest BCUT2D eigenvalue weighted by molar-refractivity contribution is -0.0582. The van der Waals surface area contributed by atoms with Crippen molar-refractivity contribution in [2.45, 2.75) is 24.9 Å². The van der Waals surface area contributed by atoms with Crippen LogP contribution < -0.4 is 11.4 Å². The molecule has 1 aliphatic heterocycles. The van der Waals surface area contributed by atoms with Crippen molar-refractivity contribution in [3.8, 4) is 0 Å². The van der Waals surface area contributed by atoms with Crippen LogP contribution in [-0.2, 0) is 14.2 Å². The first-order valence-electron chi connectivity index (χ1n) is 9.99. The minimum Gasteiger partial charge on any atom is -0.459 e. The third-order valence-electron chi connectivity index (χ3n) is 5.00. The van der Waals surface area contributed by atoms with E-state index >= 15 is 0 Å². The normalized spacial score (nSPS) is 19.9. The molecule has 0 aliphatic carbocycles. The number of hydrogen-bond donors (Lipinski definition) is 1. The highest BCUT2D eigenvalue weighted by Crippen LogP contribution is 2.31. The molecule has 9 heteroatoms. The molecule has 3 aromatic rings. The molecule has 0 amide bonds. The second-order valence-electron chi connectivity index (χ2n) is 7.18. The van der Waals surface area contributed by atoms with Crippen LogP contribution in [0.1, 0.15) is 33.4 Å². The van der Waals surface area contributed by atoms with Crippen molar-refractivity contribution in [1.29, 1.82) is 0 Å². The van der Waals surface area contributed by atoms with E-state index in [2.05, 4.69) is 4.98 Å². The van der Waals surface area contributed by atoms with Crippen molar-refractivity contribution >= 4 is 17.8 Å². The number of nitrogen functional groups attached to an aromatic ring is 1. The lowest BCUT2D eigenvalue weighted by Crippen LogP contribution is -2.32. The van der Waals surface area contributed by atoms with Gasteiger partial charge < -0.3 is 19.9 Å². The van der Waals surface area contributed by atoms with E-state index in [1.165, 1.54) is 16.8 Å². The summed E-state index contributed by atoms with van der Waals surface area (Å²) in [5.41, 5.74) is 5.73. The maximum atomic E-state index is 12.6. The summed E-state index contributed by atoms with van der Waals surface area (Å²) < 4.78 is 18.2. The summed E-state index contributed by atoms with van der Waals surface area (Å²) in [6.07, 6.45) is -0.642. The summed E-state index contributed by atoms with van der Waals surface area (Å²) in [5.74, 6) is -0.983. The summed E-state index contributed by atoms with van der Waals surface area (Å²) in [6.45, 7) is -0.159. The molecule has 1 fully saturated rings. The second-order valence-corrected chi connectivity index (χ2v) is 7.18. The van der Waals surface area contributed by atoms with Crippen LogP contribution in [0.2, 0.25) is 0 Å². The number of nitrogens with two attached hydrogens (primary N) is 1. The minimum atomic E-state index is -0.773. The van der Waals surface area contributed by atoms with E-state index in [1.54, 1.807) is 60.7 Å². The highest BCUT2D eigenvalue weighted by molar-refractivity contribution is 5.90. The summed E-state index contributed by atoms with van der Waals surface area (Å²) >= 11 is 0. The second kappa shape index (κ2) is 9.44. The van der Waals surface area contributed by atoms with E-state index in [1.807, 2.05) is 0 Å². The number of hydrogen-bond acceptors (Lipinski definition) is 8. The molecule has 2 N–H and O–H groups in total. The standard InChI is InChI=1S/C23H21N3O6/c24-19-11-12-26(23(29)25-19)20-13-17(32-22(28)16-9-5-2-6-10-16)18(31-20)14-30-21(27)15-7-3-1-4-8-15/h1-12,17-18,20H,13-14H2,(H2,24,25,29)/t17-,18+,20+/m1/s1. The van der Waals surface area contributed by atoms with Gasteiger partial charge in [-0.15, -0.1) is 0 Å². The minimum absolute atomic E-state index is 0.0876. The van der Waals surface area contributed by atoms with Crippen molar-refractivity contribution < 1.29 is 23.8 Å². The van der Waals surface area contributed by atoms with Gasteiger partial charge in [-0.1, -0.05) is 36.4 Å². The molecule has 4 rings (SSSR count). The summed E-state index contributed by atoms with van der Waals surface area (Å²) in [7, 11) is 0. The van der Waals surface area contributed by atoms with Gasteiger partial charge in [-0.25, -0.2) is 14.4 Å². The van der Waals surface area contributed by atoms with E-state index in [0.29, 0.717) is 11.1 Å². The maximum Gasteiger partial charge on any atom is 0.351 e. The van der Waals surface area contributed by atoms with E-state index < -0.39 is 36.1 Å². The van der Waals surface area contributed by atoms with Crippen molar-refractivity contribution in [1.82, 2.24) is 9.55 Å². The Morgan fingerprint density at radius 1 is 1.00 bits per heavy atom. The zero-order valence-electron chi connectivity index (χ0n) is 17.0. The topological polar surface area (TPSA) is 123 Å². The number of anilines is 1. The molecule has 0 saturated carbocycles. The molecule has 0 spiro atoms. The number of nitrogens with zero attached hydrogens (tertiary/aromatic N) is 2. The zero-order chi connectivity index (χ0) is 22.5. The lowest BCUT2D eigenvalue weighted by atomic mass is 10.1. The van der Waals surface area contributed by atoms with Crippen LogP contribution in [0.3, 0.4) is 0 Å². The van der Waals surface area contributed by atoms with Gasteiger partial charge in [0.2, 0.25) is 0 Å². The average Bonchev–Trinajstić information content (AvgIpc) is 3.20. The van der Waals surface area contributed by atoms with E-state index in [4.69, 9.17) is 19.9 Å². The Morgan fingerprint density at radius 3 is 2.25 bits per heavy atom. The average molecular weight is 435 g/mol. The van der Waals surface area contributed by atoms with Crippen LogP contribution in [0.15, 0.2) is 77.7 Å². The fourth-order valence-electron chi connectivity index (χ4n) is 3.39. The van der Waals surface area contributed by atoms with Crippen LogP contribution >= 0.6 is 0 Å². The van der Waals surface area contributed by atoms with Crippen molar-refractivity contribution in [3.63, 3.8) is 0 Å². The predicted octanol–water partition coefficient (Wildman–Crippen LogP) is 2.20. The molecule has 2 aromatic carbocycles. The molecule has 9 nitrogen and oxygen atoms in total. The Bertz CT molecular complexity index is 1150. The molecular formula is C23H21N3O6. The smallest absolute Gasteiger partial charge is 0.351 e. The number of benzene rings is 2. The Kier molecular flexibility index (Phi) is 6.27. The van der Waals surface area contributed by atoms with Gasteiger partial charge in [0, 0.05) is 12.6 Å². The molecule has 0 radical (unpaired) electrons. The third-order valence-corrected chi connectivity index (χ3v) is 5.00. The predicted molar refractivity (Wildman–Crippen MR) is 114 cm³/mol. The number of carbonyl (C=O) groups excluding carboxylic acids is 2. The van der Waals surface area contributed by atoms with Crippen molar-refractivity contribution in [2.24, 2.45) is 0 Å². The molecule has 1 saturated heterocycles. The van der Waals surface area contributed by atoms with Crippen LogP contribution in [0.25, 0.3) is 0 Å². The first-order chi connectivity index (χ1) is 15.5. The van der Waals surface area contributed by atoms with Gasteiger partial charge in [-0.3, -0.25) is 4.57 Å². The lowest BCUT2D eigenvalue weighted by Gasteiger charge is -2.19. The number of aromatic nitrogens is 2. The summed E-state index contributed by atoms with van der Waals surface area (Å²) in [6, 6.07) is 18.5. The summed E-state index contributed by atoms with van der Waals surface area (Å²) in [5, 5.41) is 0. The molecular weight excluding hydrogens is 414 g/mol. The van der Waals surface area contributed by atoms with Crippen LogP contribution in [0.4, 0.5) is 5.82 Å². The number of esters is 2. The highest BCUT2D eigenvalue weighted by atomic mass is 16.6. The van der Waals surface area contributed by atoms with Crippen molar-refractivity contribution in [2.75, 3.05) is 12.3 Å². The van der Waals surface area contributed by atoms with E-state index in [9.17, 15) is 14.4 Å². The van der Waals surface area contributed by atoms with E-state index in [-0.39, 0.29) is 18.8 Å². The molecule has 0 bridgehead atoms. The fourth-order valence-corrected chi connectivity index (χ4v) is 3.39. The van der Waals surface area contributed by atoms with Gasteiger partial charge in [0.05, 0.1) is 11.1 Å². The van der Waals surface area contributed by atoms with Gasteiger partial charge in [-0.2, -0.15) is 4.98 Å². The largest absolute Gasteiger partial charge is 0.459 e. The van der Waals surface area contributed by atoms with Gasteiger partial charge in [0.15, 0.2) is 0 Å². The van der Waals surface area contributed by atoms with Crippen LogP contribution in [-0.4, -0.2) is 40.3 Å². The first-order valence-corrected chi connectivity index (χ1v) is 9.99. The van der Waals surface area contributed by atoms with Crippen LogP contribution in [0, 0.1) is 0 Å². The van der Waals surface area contributed by atoms with E-state index in [0.717, 1.165) is 0 Å². The molecule has 32 heavy (non-hydrogen) atoms. The molecule has 2 heterocycles. The first kappa shape index (κ1) is 21.3. The highest BCUT2D eigenvalue weighted by Gasteiger charge is 2.40. The Hall–Kier alpha value is -3.98. The Balaban J connectivity index is 1.50. The van der Waals surface area contributed by atoms with Gasteiger partial charge in [0.1, 0.15) is 30.9 Å². The molecule has 3 atom stereocenters. The Morgan fingerprint density at radius 2 is 1.62 bits per heavy atom. The van der Waals surface area contributed by atoms with Gasteiger partial charge >= 0.3 is 17.6 Å². The summed E-state index contributed by atoms with van der Waals surface area (Å²) in [4.78, 5) is 40.8. The number of carbonyl (C=O) groups is 2. The Labute approximate surface area is 183 Å². The van der Waals surface area contributed by atoms with Crippen LogP contribution in [0.5, 0.6) is 0 Å². The third kappa shape index (κ3) is 4.84. The molecule has 164 valence electrons. The fraction of sp³-hybridized carbons (Fsp3) is 0.217. The van der Waals surface area contributed by atoms with Crippen molar-refractivity contribution in [3.05, 3.63) is 94.5 Å². The monoisotopic (exact) mass is 435 g/mol. The molecule has 0 unspecified atom stereocenters. The molecule has 1 aliphatic rings. The zero-order valence-corrected chi connectivity index (χ0v) is 17.0. The maximum absolute atomic E-state index is 12.6.